The maximum Gasteiger partial charge on any atom is 0.402 e. The molecule has 7 nitrogen and oxygen atoms in total. The van der Waals surface area contributed by atoms with Gasteiger partial charge < -0.3 is 9.36 Å². The number of amides is 2. The van der Waals surface area contributed by atoms with Crippen LogP contribution in [0.5, 0.6) is 0 Å². The van der Waals surface area contributed by atoms with E-state index >= 15 is 0 Å². The van der Waals surface area contributed by atoms with Crippen LogP contribution in [-0.4, -0.2) is 28.0 Å². The number of rotatable bonds is 2. The van der Waals surface area contributed by atoms with Crippen LogP contribution < -0.4 is 0 Å². The molecule has 2 heterocycles. The molecular weight excluding hydrogens is 300 g/mol. The molecular formula is C16H12N2O5. The highest BCUT2D eigenvalue weighted by Crippen LogP contribution is 2.27. The Morgan fingerprint density at radius 1 is 1.09 bits per heavy atom. The van der Waals surface area contributed by atoms with Crippen LogP contribution in [0.3, 0.4) is 0 Å². The molecule has 0 fully saturated rings. The highest BCUT2D eigenvalue weighted by Gasteiger charge is 2.40. The van der Waals surface area contributed by atoms with Gasteiger partial charge in [-0.05, 0) is 37.8 Å². The van der Waals surface area contributed by atoms with Crippen LogP contribution in [0.2, 0.25) is 0 Å². The summed E-state index contributed by atoms with van der Waals surface area (Å²) >= 11 is 0. The zero-order valence-corrected chi connectivity index (χ0v) is 12.1. The van der Waals surface area contributed by atoms with Crippen LogP contribution in [0.4, 0.5) is 0 Å². The molecule has 0 N–H and O–H groups in total. The van der Waals surface area contributed by atoms with E-state index in [0.717, 1.165) is 25.0 Å². The second kappa shape index (κ2) is 5.05. The molecule has 1 aliphatic carbocycles. The molecule has 0 bridgehead atoms. The molecule has 2 amide bonds. The van der Waals surface area contributed by atoms with E-state index < -0.39 is 17.8 Å². The van der Waals surface area contributed by atoms with Gasteiger partial charge in [0.2, 0.25) is 5.76 Å². The Hall–Kier alpha value is -2.96. The Kier molecular flexibility index (Phi) is 3.00. The number of nitrogens with zero attached hydrogens (tertiary/aromatic N) is 2. The number of benzene rings is 1. The molecule has 0 saturated carbocycles. The third-order valence-corrected chi connectivity index (χ3v) is 4.08. The van der Waals surface area contributed by atoms with Crippen molar-refractivity contribution in [2.75, 3.05) is 0 Å². The number of fused-ring (bicyclic) bond motifs is 2. The number of aryl methyl sites for hydroxylation is 1. The number of carbonyl (C=O) groups excluding carboxylic acids is 3. The summed E-state index contributed by atoms with van der Waals surface area (Å²) in [7, 11) is 0. The molecule has 0 spiro atoms. The molecule has 116 valence electrons. The number of aromatic nitrogens is 1. The molecule has 0 saturated heterocycles. The third-order valence-electron chi connectivity index (χ3n) is 4.08. The van der Waals surface area contributed by atoms with Crippen molar-refractivity contribution in [3.8, 4) is 0 Å². The molecule has 7 heteroatoms. The average Bonchev–Trinajstić information content (AvgIpc) is 3.11. The van der Waals surface area contributed by atoms with Crippen LogP contribution in [0.15, 0.2) is 28.8 Å². The fourth-order valence-corrected chi connectivity index (χ4v) is 2.93. The van der Waals surface area contributed by atoms with Gasteiger partial charge in [-0.1, -0.05) is 22.4 Å². The second-order valence-corrected chi connectivity index (χ2v) is 5.47. The van der Waals surface area contributed by atoms with Crippen LogP contribution in [0, 0.1) is 0 Å². The third kappa shape index (κ3) is 2.04. The van der Waals surface area contributed by atoms with Gasteiger partial charge in [0.05, 0.1) is 16.8 Å². The highest BCUT2D eigenvalue weighted by molar-refractivity contribution is 6.21. The quantitative estimate of drug-likeness (QED) is 0.787. The van der Waals surface area contributed by atoms with Crippen molar-refractivity contribution in [2.45, 2.75) is 25.7 Å². The Morgan fingerprint density at radius 3 is 2.43 bits per heavy atom. The van der Waals surface area contributed by atoms with Gasteiger partial charge in [-0.3, -0.25) is 9.59 Å². The van der Waals surface area contributed by atoms with Gasteiger partial charge >= 0.3 is 5.97 Å². The van der Waals surface area contributed by atoms with Gasteiger partial charge in [-0.25, -0.2) is 4.79 Å². The summed E-state index contributed by atoms with van der Waals surface area (Å²) in [6.07, 6.45) is 3.35. The highest BCUT2D eigenvalue weighted by atomic mass is 16.7. The average molecular weight is 312 g/mol. The molecule has 1 aromatic carbocycles. The molecule has 0 radical (unpaired) electrons. The van der Waals surface area contributed by atoms with Crippen LogP contribution in [0.1, 0.15) is 55.4 Å². The lowest BCUT2D eigenvalue weighted by Gasteiger charge is -2.13. The lowest BCUT2D eigenvalue weighted by molar-refractivity contribution is -0.0608. The Balaban J connectivity index is 1.60. The predicted octanol–water partition coefficient (Wildman–Crippen LogP) is 1.92. The summed E-state index contributed by atoms with van der Waals surface area (Å²) in [5.74, 6) is -2.23. The molecule has 1 aromatic heterocycles. The van der Waals surface area contributed by atoms with Gasteiger partial charge in [0.25, 0.3) is 11.8 Å². The van der Waals surface area contributed by atoms with Crippen LogP contribution in [-0.2, 0) is 17.7 Å². The van der Waals surface area contributed by atoms with E-state index in [-0.39, 0.29) is 16.9 Å². The van der Waals surface area contributed by atoms with Crippen molar-refractivity contribution in [1.82, 2.24) is 10.2 Å². The van der Waals surface area contributed by atoms with E-state index in [1.165, 1.54) is 12.1 Å². The first-order chi connectivity index (χ1) is 11.2. The smallest absolute Gasteiger partial charge is 0.348 e. The largest absolute Gasteiger partial charge is 0.402 e. The minimum absolute atomic E-state index is 0.0312. The zero-order valence-electron chi connectivity index (χ0n) is 12.1. The number of hydrogen-bond acceptors (Lipinski definition) is 6. The zero-order chi connectivity index (χ0) is 16.0. The monoisotopic (exact) mass is 312 g/mol. The maximum absolute atomic E-state index is 12.3. The van der Waals surface area contributed by atoms with E-state index in [4.69, 9.17) is 9.36 Å². The van der Waals surface area contributed by atoms with Crippen molar-refractivity contribution in [3.05, 3.63) is 52.4 Å². The van der Waals surface area contributed by atoms with Gasteiger partial charge in [0, 0.05) is 5.56 Å². The molecule has 2 aliphatic rings. The fourth-order valence-electron chi connectivity index (χ4n) is 2.93. The molecule has 0 atom stereocenters. The molecule has 23 heavy (non-hydrogen) atoms. The molecule has 2 aromatic rings. The first-order valence-corrected chi connectivity index (χ1v) is 7.34. The predicted molar refractivity (Wildman–Crippen MR) is 75.5 cm³/mol. The van der Waals surface area contributed by atoms with Gasteiger partial charge in [-0.15, -0.1) is 0 Å². The van der Waals surface area contributed by atoms with Crippen molar-refractivity contribution in [2.24, 2.45) is 0 Å². The first kappa shape index (κ1) is 13.7. The van der Waals surface area contributed by atoms with Crippen molar-refractivity contribution >= 4 is 17.8 Å². The van der Waals surface area contributed by atoms with Crippen molar-refractivity contribution in [1.29, 1.82) is 0 Å². The van der Waals surface area contributed by atoms with Crippen molar-refractivity contribution < 1.29 is 23.7 Å². The Bertz CT molecular complexity index is 804. The van der Waals surface area contributed by atoms with Gasteiger partial charge in [0.15, 0.2) is 0 Å². The molecule has 0 unspecified atom stereocenters. The van der Waals surface area contributed by atoms with E-state index in [2.05, 4.69) is 5.16 Å². The summed E-state index contributed by atoms with van der Waals surface area (Å²) < 4.78 is 5.06. The Labute approximate surface area is 130 Å². The number of hydrogen-bond donors (Lipinski definition) is 0. The minimum atomic E-state index is -0.879. The fraction of sp³-hybridized carbons (Fsp3) is 0.250. The van der Waals surface area contributed by atoms with Gasteiger partial charge in [0.1, 0.15) is 0 Å². The first-order valence-electron chi connectivity index (χ1n) is 7.34. The lowest BCUT2D eigenvalue weighted by Crippen LogP contribution is -2.32. The summed E-state index contributed by atoms with van der Waals surface area (Å²) in [5.41, 5.74) is 1.87. The topological polar surface area (TPSA) is 89.7 Å². The lowest BCUT2D eigenvalue weighted by atomic mass is 9.96. The summed E-state index contributed by atoms with van der Waals surface area (Å²) in [6, 6.07) is 6.31. The van der Waals surface area contributed by atoms with Gasteiger partial charge in [-0.2, -0.15) is 0 Å². The van der Waals surface area contributed by atoms with Crippen molar-refractivity contribution in [3.63, 3.8) is 0 Å². The number of carbonyl (C=O) groups is 3. The summed E-state index contributed by atoms with van der Waals surface area (Å²) in [5, 5.41) is 4.34. The maximum atomic E-state index is 12.3. The summed E-state index contributed by atoms with van der Waals surface area (Å²) in [4.78, 5) is 41.6. The van der Waals surface area contributed by atoms with E-state index in [1.807, 2.05) is 0 Å². The second-order valence-electron chi connectivity index (χ2n) is 5.47. The standard InChI is InChI=1S/C16H12N2O5/c19-14-9-5-1-2-6-10(9)15(20)18(14)23-16(21)13-11-7-3-4-8-12(11)17-22-13/h1-2,5-6H,3-4,7-8H2. The molecule has 1 aliphatic heterocycles. The van der Waals surface area contributed by atoms with Crippen LogP contribution in [0.25, 0.3) is 0 Å². The number of hydroxylamine groups is 2. The van der Waals surface area contributed by atoms with E-state index in [1.54, 1.807) is 12.1 Å². The number of imide groups is 1. The Morgan fingerprint density at radius 2 is 1.74 bits per heavy atom. The van der Waals surface area contributed by atoms with E-state index in [9.17, 15) is 14.4 Å². The van der Waals surface area contributed by atoms with E-state index in [0.29, 0.717) is 17.0 Å². The molecule has 4 rings (SSSR count). The minimum Gasteiger partial charge on any atom is -0.348 e. The SMILES string of the molecule is O=C(ON1C(=O)c2ccccc2C1=O)c1onc2c1CCCC2. The normalized spacial score (nSPS) is 16.3. The summed E-state index contributed by atoms with van der Waals surface area (Å²) in [6.45, 7) is 0. The van der Waals surface area contributed by atoms with Crippen LogP contribution >= 0.6 is 0 Å².